The molecule has 12 aromatic rings. The first kappa shape index (κ1) is 84.5. The first-order valence-electron chi connectivity index (χ1n) is 42.3. The Kier molecular flexibility index (Phi) is 22.5. The highest BCUT2D eigenvalue weighted by molar-refractivity contribution is 7.02. The molecule has 2 aliphatic rings. The fourth-order valence-electron chi connectivity index (χ4n) is 16.7. The number of nitrogens with zero attached hydrogens (tertiary/aromatic N) is 4. The average Bonchev–Trinajstić information content (AvgIpc) is 0.691. The van der Waals surface area contributed by atoms with Crippen LogP contribution < -0.4 is 56.7 Å². The molecule has 0 fully saturated rings. The van der Waals surface area contributed by atoms with E-state index in [-0.39, 0.29) is 50.0 Å². The van der Waals surface area contributed by atoms with Crippen molar-refractivity contribution in [3.05, 3.63) is 316 Å². The lowest BCUT2D eigenvalue weighted by Gasteiger charge is -2.46. The van der Waals surface area contributed by atoms with E-state index in [2.05, 4.69) is 479 Å². The standard InChI is InChI=1S/C54H63BN2Si.C54H65ClN2Si/c1-51(2,3)36-20-26-40(27-21-36)56-46-30-24-38(53(7,8)9)32-44(46)55-45-33-39(54(10,11)12)25-31-47(45)57(41-28-22-37(23-29-41)52(4,5)6)49-35-43(34-48(56)50(49)55)58(13,14)42-18-16-15-17-19-42;1-51(2,3)38-20-28-42(29-21-38)56(43-30-22-39(23-31-43)52(4,5)6)48-36-47(58(13,14)46-18-16-15-17-19-46)37-49(50(48)55)57(44-32-24-40(25-33-44)53(7,8)9)45-34-26-41(27-35-45)54(10,11)12/h15-35H,1-14H3;15-37H,1-14H3. The van der Waals surface area contributed by atoms with Gasteiger partial charge in [0.05, 0.1) is 16.4 Å². The zero-order chi connectivity index (χ0) is 84.2. The van der Waals surface area contributed by atoms with E-state index in [0.717, 1.165) is 34.1 Å². The van der Waals surface area contributed by atoms with E-state index in [9.17, 15) is 0 Å². The van der Waals surface area contributed by atoms with Crippen molar-refractivity contribution in [2.75, 3.05) is 19.6 Å². The molecule has 0 saturated carbocycles. The third-order valence-corrected chi connectivity index (χ3v) is 32.1. The predicted molar refractivity (Wildman–Crippen MR) is 517 cm³/mol. The summed E-state index contributed by atoms with van der Waals surface area (Å²) in [7, 11) is -4.48. The molecule has 0 atom stereocenters. The summed E-state index contributed by atoms with van der Waals surface area (Å²) in [5.74, 6) is 0. The van der Waals surface area contributed by atoms with Gasteiger partial charge < -0.3 is 19.6 Å². The van der Waals surface area contributed by atoms with Crippen LogP contribution in [0.1, 0.15) is 211 Å². The van der Waals surface area contributed by atoms with E-state index in [1.54, 1.807) is 0 Å². The predicted octanol–water partition coefficient (Wildman–Crippen LogP) is 27.1. The molecule has 12 aromatic carbocycles. The van der Waals surface area contributed by atoms with Gasteiger partial charge in [-0.15, -0.1) is 0 Å². The van der Waals surface area contributed by atoms with Crippen molar-refractivity contribution < 1.29 is 0 Å². The summed E-state index contributed by atoms with van der Waals surface area (Å²) in [5, 5.41) is 6.25. The number of hydrogen-bond donors (Lipinski definition) is 0. The molecule has 0 amide bonds. The number of hydrogen-bond acceptors (Lipinski definition) is 4. The Morgan fingerprint density at radius 1 is 0.250 bits per heavy atom. The minimum Gasteiger partial charge on any atom is -0.311 e. The third-order valence-electron chi connectivity index (χ3n) is 24.7. The minimum atomic E-state index is -2.28. The van der Waals surface area contributed by atoms with Crippen LogP contribution >= 0.6 is 11.6 Å². The summed E-state index contributed by atoms with van der Waals surface area (Å²) in [6.07, 6.45) is 0. The normalized spacial score (nSPS) is 13.5. The van der Waals surface area contributed by atoms with Crippen LogP contribution in [-0.2, 0) is 43.3 Å². The molecule has 0 unspecified atom stereocenters. The van der Waals surface area contributed by atoms with Crippen molar-refractivity contribution in [2.24, 2.45) is 0 Å². The van der Waals surface area contributed by atoms with Crippen LogP contribution in [0.5, 0.6) is 0 Å². The van der Waals surface area contributed by atoms with Gasteiger partial charge in [-0.3, -0.25) is 0 Å². The highest BCUT2D eigenvalue weighted by Gasteiger charge is 2.46. The molecule has 2 heterocycles. The smallest absolute Gasteiger partial charge is 0.252 e. The van der Waals surface area contributed by atoms with Crippen LogP contribution in [0, 0.1) is 0 Å². The Morgan fingerprint density at radius 2 is 0.483 bits per heavy atom. The van der Waals surface area contributed by atoms with Gasteiger partial charge in [0.25, 0.3) is 6.71 Å². The second-order valence-corrected chi connectivity index (χ2v) is 51.5. The summed E-state index contributed by atoms with van der Waals surface area (Å²) >= 11 is 8.01. The second-order valence-electron chi connectivity index (χ2n) is 42.3. The number of rotatable bonds is 12. The maximum atomic E-state index is 8.01. The van der Waals surface area contributed by atoms with Gasteiger partial charge in [-0.05, 0) is 213 Å². The van der Waals surface area contributed by atoms with E-state index in [4.69, 9.17) is 11.6 Å². The van der Waals surface area contributed by atoms with Crippen molar-refractivity contribution in [1.29, 1.82) is 0 Å². The van der Waals surface area contributed by atoms with Crippen LogP contribution in [0.3, 0.4) is 0 Å². The highest BCUT2D eigenvalue weighted by Crippen LogP contribution is 2.50. The van der Waals surface area contributed by atoms with Gasteiger partial charge in [0.15, 0.2) is 0 Å². The summed E-state index contributed by atoms with van der Waals surface area (Å²) in [6.45, 7) is 65.1. The molecule has 0 aliphatic carbocycles. The van der Waals surface area contributed by atoms with Gasteiger partial charge in [-0.25, -0.2) is 0 Å². The van der Waals surface area contributed by atoms with Gasteiger partial charge in [0.1, 0.15) is 16.1 Å². The van der Waals surface area contributed by atoms with Crippen LogP contribution in [0.2, 0.25) is 31.2 Å². The van der Waals surface area contributed by atoms with Crippen molar-refractivity contribution >= 4 is 140 Å². The largest absolute Gasteiger partial charge is 0.311 e. The maximum Gasteiger partial charge on any atom is 0.252 e. The monoisotopic (exact) mass is 1580 g/mol. The van der Waals surface area contributed by atoms with Gasteiger partial charge in [-0.2, -0.15) is 0 Å². The fourth-order valence-corrected chi connectivity index (χ4v) is 21.7. The Hall–Kier alpha value is -9.37. The lowest BCUT2D eigenvalue weighted by Crippen LogP contribution is -2.63. The SMILES string of the molecule is CC(C)(C)c1ccc(N(c2ccc(C(C)(C)C)cc2)c2cc([Si](C)(C)c3ccccc3)cc(N(c3ccc(C(C)(C)C)cc3)c3ccc(C(C)(C)C)cc3)c2Cl)cc1.CC(C)(C)c1ccc(N2c3ccc(C(C)(C)C)cc3B3c4cc(C(C)(C)C)ccc4N(c4ccc(C(C)(C)C)cc4)c4cc([Si](C)(C)c5ccccc5)cc2c43)cc1. The van der Waals surface area contributed by atoms with Crippen molar-refractivity contribution in [3.63, 3.8) is 0 Å². The molecule has 0 bridgehead atoms. The molecule has 0 spiro atoms. The van der Waals surface area contributed by atoms with E-state index in [1.165, 1.54) is 116 Å². The quantitative estimate of drug-likeness (QED) is 0.113. The van der Waals surface area contributed by atoms with Gasteiger partial charge in [0, 0.05) is 56.9 Å². The Morgan fingerprint density at radius 3 is 0.733 bits per heavy atom. The van der Waals surface area contributed by atoms with Crippen molar-refractivity contribution in [1.82, 2.24) is 0 Å². The molecule has 14 rings (SSSR count). The van der Waals surface area contributed by atoms with Crippen LogP contribution in [-0.4, -0.2) is 22.9 Å². The molecule has 0 aromatic heterocycles. The molecule has 0 saturated heterocycles. The molecular weight excluding hydrogens is 1460 g/mol. The molecule has 598 valence electrons. The van der Waals surface area contributed by atoms with Crippen molar-refractivity contribution in [2.45, 2.75) is 236 Å². The average molecular weight is 1580 g/mol. The van der Waals surface area contributed by atoms with E-state index >= 15 is 0 Å². The Labute approximate surface area is 706 Å². The van der Waals surface area contributed by atoms with Crippen molar-refractivity contribution in [3.8, 4) is 0 Å². The molecule has 4 nitrogen and oxygen atoms in total. The first-order chi connectivity index (χ1) is 54.0. The topological polar surface area (TPSA) is 13.0 Å². The third kappa shape index (κ3) is 17.1. The maximum absolute atomic E-state index is 8.01. The van der Waals surface area contributed by atoms with E-state index in [1.807, 2.05) is 0 Å². The summed E-state index contributed by atoms with van der Waals surface area (Å²) in [6, 6.07) is 102. The van der Waals surface area contributed by atoms with E-state index < -0.39 is 16.1 Å². The molecule has 8 heteroatoms. The van der Waals surface area contributed by atoms with Gasteiger partial charge >= 0.3 is 0 Å². The van der Waals surface area contributed by atoms with Gasteiger partial charge in [-0.1, -0.05) is 382 Å². The van der Waals surface area contributed by atoms with Crippen LogP contribution in [0.15, 0.2) is 267 Å². The van der Waals surface area contributed by atoms with Gasteiger partial charge in [0.2, 0.25) is 0 Å². The zero-order valence-electron chi connectivity index (χ0n) is 75.1. The first-order valence-corrected chi connectivity index (χ1v) is 48.7. The number of halogens is 1. The minimum absolute atomic E-state index is 0.00191. The summed E-state index contributed by atoms with van der Waals surface area (Å²) < 4.78 is 0. The zero-order valence-corrected chi connectivity index (χ0v) is 77.9. The molecule has 116 heavy (non-hydrogen) atoms. The number of fused-ring (bicyclic) bond motifs is 4. The number of anilines is 12. The van der Waals surface area contributed by atoms with Crippen LogP contribution in [0.25, 0.3) is 0 Å². The highest BCUT2D eigenvalue weighted by atomic mass is 35.5. The lowest BCUT2D eigenvalue weighted by molar-refractivity contribution is 0.590. The Bertz CT molecular complexity index is 5060. The lowest BCUT2D eigenvalue weighted by atomic mass is 9.33. The fraction of sp³-hybridized carbons (Fsp3) is 0.333. The van der Waals surface area contributed by atoms with Crippen LogP contribution in [0.4, 0.5) is 68.2 Å². The number of benzene rings is 12. The second kappa shape index (κ2) is 30.8. The molecule has 0 N–H and O–H groups in total. The summed E-state index contributed by atoms with van der Waals surface area (Å²) in [4.78, 5) is 9.94. The van der Waals surface area contributed by atoms with E-state index in [0.29, 0.717) is 5.02 Å². The Balaban J connectivity index is 0.000000202. The molecular formula is C108H128BClN4Si2. The summed E-state index contributed by atoms with van der Waals surface area (Å²) in [5.41, 5.74) is 28.7. The molecule has 2 aliphatic heterocycles. The molecule has 0 radical (unpaired) electrons.